The van der Waals surface area contributed by atoms with Crippen LogP contribution in [0.2, 0.25) is 0 Å². The number of benzene rings is 1. The SMILES string of the molecule is CN1Cc2c[c]ccc2C1=O. The van der Waals surface area contributed by atoms with E-state index in [1.54, 1.807) is 11.0 Å². The third-order valence-corrected chi connectivity index (χ3v) is 1.93. The first-order chi connectivity index (χ1) is 5.29. The summed E-state index contributed by atoms with van der Waals surface area (Å²) in [4.78, 5) is 13.0. The number of carbonyl (C=O) groups excluding carboxylic acids is 1. The van der Waals surface area contributed by atoms with Gasteiger partial charge in [-0.1, -0.05) is 6.07 Å². The van der Waals surface area contributed by atoms with Crippen molar-refractivity contribution in [1.82, 2.24) is 4.90 Å². The van der Waals surface area contributed by atoms with Gasteiger partial charge >= 0.3 is 0 Å². The molecule has 1 aromatic carbocycles. The third kappa shape index (κ3) is 0.827. The Morgan fingerprint density at radius 3 is 3.18 bits per heavy atom. The Hall–Kier alpha value is -1.31. The maximum absolute atomic E-state index is 11.3. The molecule has 11 heavy (non-hydrogen) atoms. The molecule has 2 heteroatoms. The molecule has 0 saturated heterocycles. The quantitative estimate of drug-likeness (QED) is 0.536. The summed E-state index contributed by atoms with van der Waals surface area (Å²) in [6.07, 6.45) is 0. The predicted molar refractivity (Wildman–Crippen MR) is 41.1 cm³/mol. The minimum atomic E-state index is 0.119. The van der Waals surface area contributed by atoms with E-state index in [1.165, 1.54) is 0 Å². The monoisotopic (exact) mass is 146 g/mol. The molecule has 0 unspecified atom stereocenters. The van der Waals surface area contributed by atoms with E-state index in [0.29, 0.717) is 0 Å². The van der Waals surface area contributed by atoms with Crippen LogP contribution in [0.25, 0.3) is 0 Å². The molecule has 0 saturated carbocycles. The summed E-state index contributed by atoms with van der Waals surface area (Å²) in [5.41, 5.74) is 1.91. The van der Waals surface area contributed by atoms with E-state index in [2.05, 4.69) is 6.07 Å². The second-order valence-corrected chi connectivity index (χ2v) is 2.74. The minimum absolute atomic E-state index is 0.119. The minimum Gasteiger partial charge on any atom is -0.337 e. The number of nitrogens with zero attached hydrogens (tertiary/aromatic N) is 1. The molecule has 0 aliphatic carbocycles. The van der Waals surface area contributed by atoms with Crippen LogP contribution in [0.1, 0.15) is 15.9 Å². The summed E-state index contributed by atoms with van der Waals surface area (Å²) < 4.78 is 0. The van der Waals surface area contributed by atoms with Crippen molar-refractivity contribution in [2.45, 2.75) is 6.54 Å². The van der Waals surface area contributed by atoms with E-state index in [4.69, 9.17) is 0 Å². The van der Waals surface area contributed by atoms with Crippen LogP contribution in [-0.2, 0) is 6.54 Å². The molecule has 0 atom stereocenters. The van der Waals surface area contributed by atoms with E-state index < -0.39 is 0 Å². The van der Waals surface area contributed by atoms with Gasteiger partial charge in [-0.2, -0.15) is 0 Å². The van der Waals surface area contributed by atoms with Gasteiger partial charge in [-0.3, -0.25) is 4.79 Å². The van der Waals surface area contributed by atoms with Gasteiger partial charge in [0.05, 0.1) is 0 Å². The van der Waals surface area contributed by atoms with Crippen molar-refractivity contribution in [3.63, 3.8) is 0 Å². The lowest BCUT2D eigenvalue weighted by Crippen LogP contribution is -2.17. The highest BCUT2D eigenvalue weighted by Gasteiger charge is 2.22. The first-order valence-electron chi connectivity index (χ1n) is 3.53. The molecule has 0 spiro atoms. The Morgan fingerprint density at radius 1 is 1.64 bits per heavy atom. The van der Waals surface area contributed by atoms with Crippen LogP contribution in [0, 0.1) is 6.07 Å². The first-order valence-corrected chi connectivity index (χ1v) is 3.53. The van der Waals surface area contributed by atoms with Gasteiger partial charge in [-0.25, -0.2) is 0 Å². The Bertz CT molecular complexity index is 306. The topological polar surface area (TPSA) is 20.3 Å². The van der Waals surface area contributed by atoms with E-state index in [-0.39, 0.29) is 5.91 Å². The van der Waals surface area contributed by atoms with Crippen LogP contribution in [0.3, 0.4) is 0 Å². The van der Waals surface area contributed by atoms with Gasteiger partial charge in [0.2, 0.25) is 0 Å². The van der Waals surface area contributed by atoms with E-state index in [1.807, 2.05) is 19.2 Å². The molecule has 1 aliphatic rings. The fourth-order valence-corrected chi connectivity index (χ4v) is 1.34. The van der Waals surface area contributed by atoms with Crippen LogP contribution in [0.15, 0.2) is 18.2 Å². The van der Waals surface area contributed by atoms with Crippen molar-refractivity contribution in [3.8, 4) is 0 Å². The molecule has 1 radical (unpaired) electrons. The maximum Gasteiger partial charge on any atom is 0.254 e. The molecule has 0 bridgehead atoms. The maximum atomic E-state index is 11.3. The zero-order valence-electron chi connectivity index (χ0n) is 6.29. The van der Waals surface area contributed by atoms with Crippen molar-refractivity contribution in [1.29, 1.82) is 0 Å². The Balaban J connectivity index is 2.55. The zero-order valence-corrected chi connectivity index (χ0v) is 6.29. The lowest BCUT2D eigenvalue weighted by molar-refractivity contribution is 0.0816. The van der Waals surface area contributed by atoms with Crippen LogP contribution in [-0.4, -0.2) is 17.9 Å². The van der Waals surface area contributed by atoms with Gasteiger partial charge in [-0.15, -0.1) is 0 Å². The molecule has 0 N–H and O–H groups in total. The summed E-state index contributed by atoms with van der Waals surface area (Å²) in [6, 6.07) is 8.42. The van der Waals surface area contributed by atoms with Gasteiger partial charge in [0.15, 0.2) is 0 Å². The van der Waals surface area contributed by atoms with Gasteiger partial charge in [0.25, 0.3) is 5.91 Å². The van der Waals surface area contributed by atoms with E-state index >= 15 is 0 Å². The summed E-state index contributed by atoms with van der Waals surface area (Å²) in [6.45, 7) is 0.728. The first kappa shape index (κ1) is 6.40. The van der Waals surface area contributed by atoms with Crippen molar-refractivity contribution in [2.24, 2.45) is 0 Å². The molecule has 1 aromatic rings. The number of amides is 1. The summed E-state index contributed by atoms with van der Waals surface area (Å²) in [7, 11) is 1.81. The van der Waals surface area contributed by atoms with Crippen LogP contribution >= 0.6 is 0 Å². The van der Waals surface area contributed by atoms with Gasteiger partial charge in [-0.05, 0) is 23.8 Å². The highest BCUT2D eigenvalue weighted by Crippen LogP contribution is 2.19. The molecular formula is C9H8NO. The molecule has 1 aliphatic heterocycles. The number of carbonyl (C=O) groups is 1. The Morgan fingerprint density at radius 2 is 2.45 bits per heavy atom. The highest BCUT2D eigenvalue weighted by molar-refractivity contribution is 5.98. The zero-order chi connectivity index (χ0) is 7.84. The average molecular weight is 146 g/mol. The lowest BCUT2D eigenvalue weighted by Gasteiger charge is -2.04. The van der Waals surface area contributed by atoms with E-state index in [0.717, 1.165) is 17.7 Å². The Labute approximate surface area is 65.4 Å². The second kappa shape index (κ2) is 2.09. The smallest absolute Gasteiger partial charge is 0.254 e. The summed E-state index contributed by atoms with van der Waals surface area (Å²) in [5, 5.41) is 0. The Kier molecular flexibility index (Phi) is 1.22. The van der Waals surface area contributed by atoms with Crippen molar-refractivity contribution in [3.05, 3.63) is 35.4 Å². The normalized spacial score (nSPS) is 15.4. The van der Waals surface area contributed by atoms with Crippen molar-refractivity contribution < 1.29 is 4.79 Å². The van der Waals surface area contributed by atoms with Gasteiger partial charge in [0, 0.05) is 19.2 Å². The van der Waals surface area contributed by atoms with E-state index in [9.17, 15) is 4.79 Å². The van der Waals surface area contributed by atoms with Gasteiger partial charge < -0.3 is 4.90 Å². The number of hydrogen-bond donors (Lipinski definition) is 0. The third-order valence-electron chi connectivity index (χ3n) is 1.93. The molecule has 1 amide bonds. The molecule has 2 nitrogen and oxygen atoms in total. The van der Waals surface area contributed by atoms with Crippen LogP contribution < -0.4 is 0 Å². The van der Waals surface area contributed by atoms with Crippen molar-refractivity contribution >= 4 is 5.91 Å². The standard InChI is InChI=1S/C9H8NO/c1-10-6-7-4-2-3-5-8(7)9(10)11/h3-5H,6H2,1H3. The lowest BCUT2D eigenvalue weighted by atomic mass is 10.1. The van der Waals surface area contributed by atoms with Crippen LogP contribution in [0.4, 0.5) is 0 Å². The molecule has 2 rings (SSSR count). The molecule has 0 fully saturated rings. The summed E-state index contributed by atoms with van der Waals surface area (Å²) >= 11 is 0. The average Bonchev–Trinajstić information content (AvgIpc) is 2.30. The second-order valence-electron chi connectivity index (χ2n) is 2.74. The fourth-order valence-electron chi connectivity index (χ4n) is 1.34. The number of rotatable bonds is 0. The molecular weight excluding hydrogens is 138 g/mol. The van der Waals surface area contributed by atoms with Gasteiger partial charge in [0.1, 0.15) is 0 Å². The summed E-state index contributed by atoms with van der Waals surface area (Å²) in [5.74, 6) is 0.119. The fraction of sp³-hybridized carbons (Fsp3) is 0.222. The van der Waals surface area contributed by atoms with Crippen molar-refractivity contribution in [2.75, 3.05) is 7.05 Å². The predicted octanol–water partition coefficient (Wildman–Crippen LogP) is 1.07. The highest BCUT2D eigenvalue weighted by atomic mass is 16.2. The largest absolute Gasteiger partial charge is 0.337 e. The number of hydrogen-bond acceptors (Lipinski definition) is 1. The molecule has 55 valence electrons. The number of fused-ring (bicyclic) bond motifs is 1. The van der Waals surface area contributed by atoms with Crippen LogP contribution in [0.5, 0.6) is 0 Å². The molecule has 1 heterocycles. The molecule has 0 aromatic heterocycles.